The van der Waals surface area contributed by atoms with E-state index in [1.54, 1.807) is 38.5 Å². The molecule has 0 aliphatic rings. The molecule has 0 unspecified atom stereocenters. The van der Waals surface area contributed by atoms with Gasteiger partial charge in [0.25, 0.3) is 0 Å². The van der Waals surface area contributed by atoms with Crippen LogP contribution in [0.15, 0.2) is 30.3 Å². The largest absolute Gasteiger partial charge is 0.497 e. The highest BCUT2D eigenvalue weighted by Crippen LogP contribution is 2.34. The van der Waals surface area contributed by atoms with Crippen LogP contribution in [0.25, 0.3) is 11.3 Å². The second-order valence-electron chi connectivity index (χ2n) is 4.41. The van der Waals surface area contributed by atoms with E-state index in [4.69, 9.17) is 14.2 Å². The summed E-state index contributed by atoms with van der Waals surface area (Å²) in [4.78, 5) is 16.4. The van der Waals surface area contributed by atoms with E-state index in [1.807, 2.05) is 13.0 Å². The topological polar surface area (TPSA) is 57.7 Å². The summed E-state index contributed by atoms with van der Waals surface area (Å²) in [6, 6.07) is 8.83. The van der Waals surface area contributed by atoms with Gasteiger partial charge in [-0.2, -0.15) is 0 Å². The second kappa shape index (κ2) is 6.26. The number of aryl methyl sites for hydroxylation is 1. The van der Waals surface area contributed by atoms with Crippen molar-refractivity contribution in [3.8, 4) is 22.8 Å². The summed E-state index contributed by atoms with van der Waals surface area (Å²) in [5, 5.41) is 0. The highest BCUT2D eigenvalue weighted by Gasteiger charge is 2.18. The predicted molar refractivity (Wildman–Crippen MR) is 78.9 cm³/mol. The number of pyridine rings is 1. The molecular weight excluding hydrogens is 270 g/mol. The van der Waals surface area contributed by atoms with Crippen molar-refractivity contribution in [1.82, 2.24) is 4.98 Å². The fraction of sp³-hybridized carbons (Fsp3) is 0.250. The number of aromatic nitrogens is 1. The van der Waals surface area contributed by atoms with Crippen LogP contribution in [0.3, 0.4) is 0 Å². The Hall–Kier alpha value is -2.56. The summed E-state index contributed by atoms with van der Waals surface area (Å²) in [5.41, 5.74) is 2.44. The zero-order chi connectivity index (χ0) is 15.4. The molecule has 5 nitrogen and oxygen atoms in total. The van der Waals surface area contributed by atoms with Crippen molar-refractivity contribution in [3.05, 3.63) is 41.6 Å². The maximum Gasteiger partial charge on any atom is 0.340 e. The molecule has 21 heavy (non-hydrogen) atoms. The summed E-state index contributed by atoms with van der Waals surface area (Å²) < 4.78 is 15.4. The zero-order valence-electron chi connectivity index (χ0n) is 12.5. The molecule has 0 spiro atoms. The number of nitrogens with zero attached hydrogens (tertiary/aromatic N) is 1. The van der Waals surface area contributed by atoms with Gasteiger partial charge in [0.05, 0.1) is 32.6 Å². The molecule has 2 rings (SSSR count). The number of ether oxygens (including phenoxy) is 3. The molecule has 0 amide bonds. The first kappa shape index (κ1) is 14.8. The van der Waals surface area contributed by atoms with Gasteiger partial charge < -0.3 is 14.2 Å². The van der Waals surface area contributed by atoms with Gasteiger partial charge in [-0.3, -0.25) is 4.98 Å². The van der Waals surface area contributed by atoms with Crippen molar-refractivity contribution in [1.29, 1.82) is 0 Å². The summed E-state index contributed by atoms with van der Waals surface area (Å²) >= 11 is 0. The molecule has 1 heterocycles. The molecule has 2 aromatic rings. The fourth-order valence-electron chi connectivity index (χ4n) is 2.03. The van der Waals surface area contributed by atoms with Crippen LogP contribution in [0, 0.1) is 6.92 Å². The molecule has 0 fully saturated rings. The van der Waals surface area contributed by atoms with Crippen molar-refractivity contribution in [2.24, 2.45) is 0 Å². The van der Waals surface area contributed by atoms with Crippen molar-refractivity contribution < 1.29 is 19.0 Å². The molecule has 0 aliphatic carbocycles. The first-order valence-electron chi connectivity index (χ1n) is 6.39. The number of esters is 1. The lowest BCUT2D eigenvalue weighted by atomic mass is 10.0. The summed E-state index contributed by atoms with van der Waals surface area (Å²) in [5.74, 6) is 0.816. The van der Waals surface area contributed by atoms with Crippen LogP contribution in [-0.4, -0.2) is 32.3 Å². The van der Waals surface area contributed by atoms with E-state index < -0.39 is 5.97 Å². The van der Waals surface area contributed by atoms with E-state index in [0.29, 0.717) is 28.3 Å². The maximum absolute atomic E-state index is 11.9. The van der Waals surface area contributed by atoms with Crippen LogP contribution >= 0.6 is 0 Å². The molecule has 110 valence electrons. The van der Waals surface area contributed by atoms with Crippen LogP contribution in [-0.2, 0) is 4.74 Å². The fourth-order valence-corrected chi connectivity index (χ4v) is 2.03. The lowest BCUT2D eigenvalue weighted by Crippen LogP contribution is -2.06. The highest BCUT2D eigenvalue weighted by molar-refractivity contribution is 5.97. The number of hydrogen-bond acceptors (Lipinski definition) is 5. The number of carbonyl (C=O) groups excluding carboxylic acids is 1. The molecular formula is C16H17NO4. The van der Waals surface area contributed by atoms with Gasteiger partial charge in [0.2, 0.25) is 0 Å². The molecule has 5 heteroatoms. The van der Waals surface area contributed by atoms with E-state index in [2.05, 4.69) is 4.98 Å². The molecule has 0 aliphatic heterocycles. The van der Waals surface area contributed by atoms with Crippen molar-refractivity contribution in [2.75, 3.05) is 21.3 Å². The Balaban J connectivity index is 2.65. The summed E-state index contributed by atoms with van der Waals surface area (Å²) in [6.45, 7) is 1.86. The van der Waals surface area contributed by atoms with Gasteiger partial charge in [0, 0.05) is 17.3 Å². The maximum atomic E-state index is 11.9. The van der Waals surface area contributed by atoms with Gasteiger partial charge in [0.15, 0.2) is 0 Å². The monoisotopic (exact) mass is 287 g/mol. The third kappa shape index (κ3) is 2.97. The Kier molecular flexibility index (Phi) is 4.42. The molecule has 1 aromatic heterocycles. The SMILES string of the molecule is COC(=O)c1ccc(C)nc1-c1ccc(OC)cc1OC. The number of methoxy groups -OCH3 is 3. The van der Waals surface area contributed by atoms with Gasteiger partial charge in [-0.25, -0.2) is 4.79 Å². The second-order valence-corrected chi connectivity index (χ2v) is 4.41. The predicted octanol–water partition coefficient (Wildman–Crippen LogP) is 2.86. The molecule has 0 N–H and O–H groups in total. The standard InChI is InChI=1S/C16H17NO4/c1-10-5-7-13(16(18)21-4)15(17-10)12-8-6-11(19-2)9-14(12)20-3/h5-9H,1-4H3. The minimum atomic E-state index is -0.435. The molecule has 0 bridgehead atoms. The minimum absolute atomic E-state index is 0.395. The zero-order valence-corrected chi connectivity index (χ0v) is 12.5. The van der Waals surface area contributed by atoms with E-state index in [0.717, 1.165) is 5.69 Å². The molecule has 1 aromatic carbocycles. The van der Waals surface area contributed by atoms with Crippen molar-refractivity contribution >= 4 is 5.97 Å². The van der Waals surface area contributed by atoms with E-state index in [1.165, 1.54) is 7.11 Å². The average Bonchev–Trinajstić information content (AvgIpc) is 2.53. The van der Waals surface area contributed by atoms with Gasteiger partial charge in [-0.05, 0) is 31.2 Å². The van der Waals surface area contributed by atoms with Crippen LogP contribution in [0.5, 0.6) is 11.5 Å². The van der Waals surface area contributed by atoms with Crippen LogP contribution in [0.1, 0.15) is 16.1 Å². The minimum Gasteiger partial charge on any atom is -0.497 e. The Bertz CT molecular complexity index is 667. The molecule has 0 saturated heterocycles. The first-order chi connectivity index (χ1) is 10.1. The molecule has 0 saturated carbocycles. The Labute approximate surface area is 123 Å². The Morgan fingerprint density at radius 1 is 1.05 bits per heavy atom. The highest BCUT2D eigenvalue weighted by atomic mass is 16.5. The number of carbonyl (C=O) groups is 1. The van der Waals surface area contributed by atoms with Gasteiger partial charge in [-0.1, -0.05) is 0 Å². The quantitative estimate of drug-likeness (QED) is 0.809. The van der Waals surface area contributed by atoms with Crippen LogP contribution < -0.4 is 9.47 Å². The summed E-state index contributed by atoms with van der Waals surface area (Å²) in [6.07, 6.45) is 0. The lowest BCUT2D eigenvalue weighted by molar-refractivity contribution is 0.0601. The molecule has 0 atom stereocenters. The van der Waals surface area contributed by atoms with Gasteiger partial charge >= 0.3 is 5.97 Å². The van der Waals surface area contributed by atoms with E-state index >= 15 is 0 Å². The lowest BCUT2D eigenvalue weighted by Gasteiger charge is -2.13. The summed E-state index contributed by atoms with van der Waals surface area (Å²) in [7, 11) is 4.49. The normalized spacial score (nSPS) is 10.1. The third-order valence-corrected chi connectivity index (χ3v) is 3.10. The van der Waals surface area contributed by atoms with E-state index in [-0.39, 0.29) is 0 Å². The smallest absolute Gasteiger partial charge is 0.340 e. The Morgan fingerprint density at radius 2 is 1.81 bits per heavy atom. The first-order valence-corrected chi connectivity index (χ1v) is 6.39. The average molecular weight is 287 g/mol. The van der Waals surface area contributed by atoms with Crippen molar-refractivity contribution in [2.45, 2.75) is 6.92 Å². The van der Waals surface area contributed by atoms with Crippen LogP contribution in [0.2, 0.25) is 0 Å². The van der Waals surface area contributed by atoms with Crippen molar-refractivity contribution in [3.63, 3.8) is 0 Å². The Morgan fingerprint density at radius 3 is 2.43 bits per heavy atom. The molecule has 0 radical (unpaired) electrons. The van der Waals surface area contributed by atoms with Crippen LogP contribution in [0.4, 0.5) is 0 Å². The van der Waals surface area contributed by atoms with Gasteiger partial charge in [-0.15, -0.1) is 0 Å². The number of hydrogen-bond donors (Lipinski definition) is 0. The van der Waals surface area contributed by atoms with Gasteiger partial charge in [0.1, 0.15) is 11.5 Å². The number of rotatable bonds is 4. The third-order valence-electron chi connectivity index (χ3n) is 3.10. The number of benzene rings is 1. The van der Waals surface area contributed by atoms with E-state index in [9.17, 15) is 4.79 Å².